The molecule has 0 bridgehead atoms. The Morgan fingerprint density at radius 2 is 2.31 bits per heavy atom. The number of hydrogen-bond acceptors (Lipinski definition) is 3. The molecule has 72 valence electrons. The summed E-state index contributed by atoms with van der Waals surface area (Å²) in [5.41, 5.74) is 1.01. The molecule has 0 saturated carbocycles. The minimum Gasteiger partial charge on any atom is -0.303 e. The Morgan fingerprint density at radius 3 is 2.85 bits per heavy atom. The van der Waals surface area contributed by atoms with Crippen molar-refractivity contribution >= 4 is 0 Å². The van der Waals surface area contributed by atoms with Crippen molar-refractivity contribution in [1.29, 1.82) is 0 Å². The Labute approximate surface area is 78.5 Å². The van der Waals surface area contributed by atoms with Gasteiger partial charge in [-0.3, -0.25) is 4.68 Å². The molecule has 0 N–H and O–H groups in total. The first-order valence-electron chi connectivity index (χ1n) is 4.87. The molecule has 4 nitrogen and oxygen atoms in total. The smallest absolute Gasteiger partial charge is 0.0796 e. The second-order valence-electron chi connectivity index (χ2n) is 3.80. The highest BCUT2D eigenvalue weighted by molar-refractivity contribution is 4.88. The van der Waals surface area contributed by atoms with Crippen LogP contribution in [0.1, 0.15) is 12.6 Å². The highest BCUT2D eigenvalue weighted by Gasteiger charge is 2.25. The van der Waals surface area contributed by atoms with E-state index >= 15 is 0 Å². The summed E-state index contributed by atoms with van der Waals surface area (Å²) in [7, 11) is 0. The summed E-state index contributed by atoms with van der Waals surface area (Å²) in [6.07, 6.45) is 2.01. The van der Waals surface area contributed by atoms with Gasteiger partial charge in [0.2, 0.25) is 0 Å². The lowest BCUT2D eigenvalue weighted by Crippen LogP contribution is -2.48. The number of aromatic nitrogens is 3. The first kappa shape index (κ1) is 8.69. The fourth-order valence-corrected chi connectivity index (χ4v) is 1.80. The molecular formula is C9H16N4. The number of nitrogens with zero attached hydrogens (tertiary/aromatic N) is 4. The number of rotatable bonds is 3. The molecule has 2 heterocycles. The molecule has 0 atom stereocenters. The van der Waals surface area contributed by atoms with Gasteiger partial charge in [-0.15, -0.1) is 5.10 Å². The third-order valence-corrected chi connectivity index (χ3v) is 2.58. The second kappa shape index (κ2) is 3.46. The van der Waals surface area contributed by atoms with Crippen molar-refractivity contribution in [2.24, 2.45) is 5.92 Å². The summed E-state index contributed by atoms with van der Waals surface area (Å²) in [6.45, 7) is 8.81. The van der Waals surface area contributed by atoms with Crippen molar-refractivity contribution in [1.82, 2.24) is 19.9 Å². The fraction of sp³-hybridized carbons (Fsp3) is 0.778. The minimum atomic E-state index is 0.779. The van der Waals surface area contributed by atoms with Crippen LogP contribution in [-0.2, 0) is 6.54 Å². The SMILES string of the molecule is CCN1CC(Cn2cc(C)nn2)C1. The van der Waals surface area contributed by atoms with Crippen LogP contribution in [0.3, 0.4) is 0 Å². The van der Waals surface area contributed by atoms with Crippen LogP contribution in [0.25, 0.3) is 0 Å². The molecule has 1 fully saturated rings. The molecule has 0 unspecified atom stereocenters. The first-order chi connectivity index (χ1) is 6.28. The van der Waals surface area contributed by atoms with Gasteiger partial charge in [0.15, 0.2) is 0 Å². The van der Waals surface area contributed by atoms with E-state index < -0.39 is 0 Å². The topological polar surface area (TPSA) is 34.0 Å². The molecule has 4 heteroatoms. The van der Waals surface area contributed by atoms with E-state index in [0.717, 1.165) is 18.2 Å². The summed E-state index contributed by atoms with van der Waals surface area (Å²) in [5, 5.41) is 8.00. The Balaban J connectivity index is 1.81. The van der Waals surface area contributed by atoms with E-state index in [2.05, 4.69) is 22.1 Å². The normalized spacial score (nSPS) is 18.9. The largest absolute Gasteiger partial charge is 0.303 e. The van der Waals surface area contributed by atoms with E-state index in [1.807, 2.05) is 17.8 Å². The molecule has 13 heavy (non-hydrogen) atoms. The van der Waals surface area contributed by atoms with Crippen LogP contribution in [-0.4, -0.2) is 39.5 Å². The minimum absolute atomic E-state index is 0.779. The molecule has 0 radical (unpaired) electrons. The van der Waals surface area contributed by atoms with Gasteiger partial charge in [0.1, 0.15) is 0 Å². The van der Waals surface area contributed by atoms with Crippen molar-refractivity contribution in [2.75, 3.05) is 19.6 Å². The van der Waals surface area contributed by atoms with Crippen molar-refractivity contribution in [3.8, 4) is 0 Å². The van der Waals surface area contributed by atoms with Crippen molar-refractivity contribution in [2.45, 2.75) is 20.4 Å². The second-order valence-corrected chi connectivity index (χ2v) is 3.80. The molecule has 1 aliphatic heterocycles. The summed E-state index contributed by atoms with van der Waals surface area (Å²) in [4.78, 5) is 2.44. The maximum Gasteiger partial charge on any atom is 0.0796 e. The zero-order chi connectivity index (χ0) is 9.26. The Kier molecular flexibility index (Phi) is 2.31. The van der Waals surface area contributed by atoms with Crippen molar-refractivity contribution < 1.29 is 0 Å². The van der Waals surface area contributed by atoms with E-state index in [1.165, 1.54) is 19.6 Å². The van der Waals surface area contributed by atoms with Crippen molar-refractivity contribution in [3.63, 3.8) is 0 Å². The van der Waals surface area contributed by atoms with E-state index in [4.69, 9.17) is 0 Å². The lowest BCUT2D eigenvalue weighted by Gasteiger charge is -2.38. The average Bonchev–Trinajstić information content (AvgIpc) is 2.43. The molecule has 1 aliphatic rings. The highest BCUT2D eigenvalue weighted by Crippen LogP contribution is 2.16. The standard InChI is InChI=1S/C9H16N4/c1-3-12-5-9(6-12)7-13-4-8(2)10-11-13/h4,9H,3,5-7H2,1-2H3. The van der Waals surface area contributed by atoms with Gasteiger partial charge in [0.05, 0.1) is 5.69 Å². The van der Waals surface area contributed by atoms with Gasteiger partial charge < -0.3 is 4.90 Å². The third-order valence-electron chi connectivity index (χ3n) is 2.58. The van der Waals surface area contributed by atoms with Gasteiger partial charge in [-0.1, -0.05) is 12.1 Å². The fourth-order valence-electron chi connectivity index (χ4n) is 1.80. The van der Waals surface area contributed by atoms with E-state index in [0.29, 0.717) is 0 Å². The average molecular weight is 180 g/mol. The molecule has 0 spiro atoms. The number of likely N-dealkylation sites (tertiary alicyclic amines) is 1. The summed E-state index contributed by atoms with van der Waals surface area (Å²) < 4.78 is 1.95. The Bertz CT molecular complexity index is 275. The Hall–Kier alpha value is -0.900. The number of hydrogen-bond donors (Lipinski definition) is 0. The zero-order valence-electron chi connectivity index (χ0n) is 8.27. The van der Waals surface area contributed by atoms with Crippen LogP contribution in [0.4, 0.5) is 0 Å². The highest BCUT2D eigenvalue weighted by atomic mass is 15.4. The molecule has 0 aromatic carbocycles. The van der Waals surface area contributed by atoms with Crippen LogP contribution in [0.15, 0.2) is 6.20 Å². The van der Waals surface area contributed by atoms with Crippen LogP contribution in [0.5, 0.6) is 0 Å². The summed E-state index contributed by atoms with van der Waals surface area (Å²) in [5.74, 6) is 0.779. The predicted molar refractivity (Wildman–Crippen MR) is 50.4 cm³/mol. The maximum absolute atomic E-state index is 4.04. The van der Waals surface area contributed by atoms with Gasteiger partial charge in [0.25, 0.3) is 0 Å². The lowest BCUT2D eigenvalue weighted by atomic mass is 10.0. The molecule has 1 aromatic rings. The molecule has 0 amide bonds. The summed E-state index contributed by atoms with van der Waals surface area (Å²) in [6, 6.07) is 0. The maximum atomic E-state index is 4.04. The van der Waals surface area contributed by atoms with Gasteiger partial charge in [-0.05, 0) is 13.5 Å². The molecule has 1 aromatic heterocycles. The van der Waals surface area contributed by atoms with Crippen LogP contribution in [0.2, 0.25) is 0 Å². The van der Waals surface area contributed by atoms with Gasteiger partial charge in [0, 0.05) is 31.7 Å². The van der Waals surface area contributed by atoms with Gasteiger partial charge in [-0.2, -0.15) is 0 Å². The third kappa shape index (κ3) is 1.88. The lowest BCUT2D eigenvalue weighted by molar-refractivity contribution is 0.0912. The van der Waals surface area contributed by atoms with Crippen molar-refractivity contribution in [3.05, 3.63) is 11.9 Å². The van der Waals surface area contributed by atoms with Crippen LogP contribution >= 0.6 is 0 Å². The predicted octanol–water partition coefficient (Wildman–Crippen LogP) is 0.538. The van der Waals surface area contributed by atoms with Crippen LogP contribution in [0, 0.1) is 12.8 Å². The van der Waals surface area contributed by atoms with E-state index in [1.54, 1.807) is 0 Å². The molecule has 1 saturated heterocycles. The molecule has 0 aliphatic carbocycles. The Morgan fingerprint density at radius 1 is 1.54 bits per heavy atom. The summed E-state index contributed by atoms with van der Waals surface area (Å²) >= 11 is 0. The first-order valence-corrected chi connectivity index (χ1v) is 4.87. The van der Waals surface area contributed by atoms with Gasteiger partial charge >= 0.3 is 0 Å². The number of aryl methyl sites for hydroxylation is 1. The molecular weight excluding hydrogens is 164 g/mol. The van der Waals surface area contributed by atoms with E-state index in [9.17, 15) is 0 Å². The zero-order valence-corrected chi connectivity index (χ0v) is 8.27. The monoisotopic (exact) mass is 180 g/mol. The van der Waals surface area contributed by atoms with Crippen LogP contribution < -0.4 is 0 Å². The van der Waals surface area contributed by atoms with Gasteiger partial charge in [-0.25, -0.2) is 0 Å². The van der Waals surface area contributed by atoms with E-state index in [-0.39, 0.29) is 0 Å². The molecule has 2 rings (SSSR count). The quantitative estimate of drug-likeness (QED) is 0.680.